The molecule has 0 radical (unpaired) electrons. The van der Waals surface area contributed by atoms with Gasteiger partial charge in [-0.15, -0.1) is 0 Å². The molecule has 3 nitrogen and oxygen atoms in total. The summed E-state index contributed by atoms with van der Waals surface area (Å²) in [7, 11) is -2.97. The molecule has 152 valence electrons. The van der Waals surface area contributed by atoms with Crippen LogP contribution in [0.5, 0.6) is 5.88 Å². The zero-order valence-electron chi connectivity index (χ0n) is 17.2. The Morgan fingerprint density at radius 3 is 2.00 bits per heavy atom. The minimum absolute atomic E-state index is 0.00717. The van der Waals surface area contributed by atoms with Crippen molar-refractivity contribution in [1.82, 2.24) is 4.98 Å². The lowest BCUT2D eigenvalue weighted by Gasteiger charge is -2.41. The quantitative estimate of drug-likeness (QED) is 0.475. The summed E-state index contributed by atoms with van der Waals surface area (Å²) in [4.78, 5) is 16.5. The van der Waals surface area contributed by atoms with Gasteiger partial charge in [-0.1, -0.05) is 74.5 Å². The van der Waals surface area contributed by atoms with Crippen LogP contribution in [0.1, 0.15) is 33.6 Å². The van der Waals surface area contributed by atoms with Crippen molar-refractivity contribution in [2.24, 2.45) is 0 Å². The molecule has 5 heteroatoms. The van der Waals surface area contributed by atoms with Gasteiger partial charge in [0.1, 0.15) is 0 Å². The van der Waals surface area contributed by atoms with Crippen molar-refractivity contribution < 1.29 is 9.53 Å². The van der Waals surface area contributed by atoms with Crippen LogP contribution in [0.4, 0.5) is 0 Å². The third-order valence-electron chi connectivity index (χ3n) is 5.56. The van der Waals surface area contributed by atoms with Crippen LogP contribution in [0, 0.1) is 0 Å². The van der Waals surface area contributed by atoms with Crippen LogP contribution in [-0.4, -0.2) is 24.2 Å². The summed E-state index contributed by atoms with van der Waals surface area (Å²) in [6.07, 6.45) is 3.42. The van der Waals surface area contributed by atoms with Gasteiger partial charge in [-0.05, 0) is 57.2 Å². The van der Waals surface area contributed by atoms with E-state index in [-0.39, 0.29) is 11.1 Å². The van der Waals surface area contributed by atoms with Gasteiger partial charge in [0, 0.05) is 16.7 Å². The van der Waals surface area contributed by atoms with Crippen LogP contribution in [-0.2, 0) is 0 Å². The van der Waals surface area contributed by atoms with Crippen LogP contribution in [0.25, 0.3) is 0 Å². The number of hydrogen-bond acceptors (Lipinski definition) is 3. The van der Waals surface area contributed by atoms with Crippen molar-refractivity contribution in [3.05, 3.63) is 83.5 Å². The molecule has 0 spiro atoms. The average molecular weight is 470 g/mol. The molecule has 0 aliphatic rings. The lowest BCUT2D eigenvalue weighted by molar-refractivity contribution is 0.193. The molecule has 0 saturated carbocycles. The van der Waals surface area contributed by atoms with Crippen molar-refractivity contribution >= 4 is 34.6 Å². The van der Waals surface area contributed by atoms with Crippen molar-refractivity contribution in [1.29, 1.82) is 0 Å². The maximum Gasteiger partial charge on any atom is 0.258 e. The Hall–Kier alpha value is -1.95. The zero-order valence-corrected chi connectivity index (χ0v) is 19.8. The first-order valence-corrected chi connectivity index (χ1v) is 12.7. The molecular formula is C24H28BrNO2Si. The fraction of sp³-hybridized carbons (Fsp3) is 0.292. The monoisotopic (exact) mass is 469 g/mol. The molecule has 29 heavy (non-hydrogen) atoms. The third-order valence-corrected chi connectivity index (χ3v) is 10.6. The van der Waals surface area contributed by atoms with Gasteiger partial charge in [-0.2, -0.15) is 0 Å². The van der Waals surface area contributed by atoms with E-state index in [1.807, 2.05) is 48.5 Å². The molecule has 1 atom stereocenters. The number of rotatable bonds is 8. The average Bonchev–Trinajstić information content (AvgIpc) is 2.74. The van der Waals surface area contributed by atoms with E-state index >= 15 is 0 Å². The second kappa shape index (κ2) is 9.24. The van der Waals surface area contributed by atoms with Crippen molar-refractivity contribution in [2.45, 2.75) is 44.8 Å². The van der Waals surface area contributed by atoms with E-state index < -0.39 is 8.32 Å². The molecule has 1 aromatic heterocycles. The van der Waals surface area contributed by atoms with E-state index in [1.54, 1.807) is 6.20 Å². The van der Waals surface area contributed by atoms with Gasteiger partial charge in [0.05, 0.1) is 6.10 Å². The first-order valence-electron chi connectivity index (χ1n) is 9.94. The lowest BCUT2D eigenvalue weighted by atomic mass is 10.0. The standard InChI is InChI=1S/C24H28BrNO2Si/c1-19(28-23-15-14-20(25)18-26-23)16-17-24(2,3)29(27,21-10-6-4-7-11-21)22-12-8-5-9-13-22/h4-15,18-19,27H,16-17H2,1-3H3. The summed E-state index contributed by atoms with van der Waals surface area (Å²) >= 11 is 3.39. The predicted octanol–water partition coefficient (Wildman–Crippen LogP) is 4.92. The largest absolute Gasteiger partial charge is 0.475 e. The summed E-state index contributed by atoms with van der Waals surface area (Å²) in [5, 5.41) is 1.80. The molecule has 1 N–H and O–H groups in total. The minimum Gasteiger partial charge on any atom is -0.475 e. The topological polar surface area (TPSA) is 42.4 Å². The number of halogens is 1. The van der Waals surface area contributed by atoms with E-state index in [0.717, 1.165) is 27.7 Å². The van der Waals surface area contributed by atoms with Crippen LogP contribution in [0.3, 0.4) is 0 Å². The predicted molar refractivity (Wildman–Crippen MR) is 125 cm³/mol. The number of nitrogens with zero attached hydrogens (tertiary/aromatic N) is 1. The summed E-state index contributed by atoms with van der Waals surface area (Å²) in [6, 6.07) is 24.1. The Kier molecular flexibility index (Phi) is 6.93. The maximum atomic E-state index is 12.2. The van der Waals surface area contributed by atoms with Gasteiger partial charge >= 0.3 is 0 Å². The zero-order chi connectivity index (χ0) is 20.9. The molecular weight excluding hydrogens is 442 g/mol. The highest BCUT2D eigenvalue weighted by atomic mass is 79.9. The lowest BCUT2D eigenvalue weighted by Crippen LogP contribution is -2.65. The molecule has 1 heterocycles. The van der Waals surface area contributed by atoms with Crippen LogP contribution >= 0.6 is 15.9 Å². The Labute approximate surface area is 183 Å². The van der Waals surface area contributed by atoms with Gasteiger partial charge in [0.25, 0.3) is 8.32 Å². The fourth-order valence-electron chi connectivity index (χ4n) is 3.75. The molecule has 0 amide bonds. The summed E-state index contributed by atoms with van der Waals surface area (Å²) in [5.74, 6) is 0.622. The van der Waals surface area contributed by atoms with E-state index in [2.05, 4.69) is 66.0 Å². The Bertz CT molecular complexity index is 862. The highest BCUT2D eigenvalue weighted by Gasteiger charge is 2.49. The molecule has 0 saturated heterocycles. The Balaban J connectivity index is 1.80. The summed E-state index contributed by atoms with van der Waals surface area (Å²) in [6.45, 7) is 6.43. The van der Waals surface area contributed by atoms with Gasteiger partial charge in [-0.25, -0.2) is 4.98 Å². The molecule has 0 aliphatic carbocycles. The van der Waals surface area contributed by atoms with E-state index in [9.17, 15) is 4.80 Å². The van der Waals surface area contributed by atoms with Gasteiger partial charge < -0.3 is 9.53 Å². The van der Waals surface area contributed by atoms with Gasteiger partial charge in [-0.3, -0.25) is 0 Å². The van der Waals surface area contributed by atoms with Crippen LogP contribution < -0.4 is 15.1 Å². The van der Waals surface area contributed by atoms with Gasteiger partial charge in [0.2, 0.25) is 5.88 Å². The van der Waals surface area contributed by atoms with Crippen LogP contribution in [0.2, 0.25) is 5.04 Å². The molecule has 1 unspecified atom stereocenters. The summed E-state index contributed by atoms with van der Waals surface area (Å²) in [5.41, 5.74) is 0. The SMILES string of the molecule is CC(CCC(C)(C)[Si](O)(c1ccccc1)c1ccccc1)Oc1ccc(Br)cn1. The Morgan fingerprint density at radius 1 is 0.966 bits per heavy atom. The molecule has 0 aliphatic heterocycles. The number of hydrogen-bond donors (Lipinski definition) is 1. The van der Waals surface area contributed by atoms with E-state index in [4.69, 9.17) is 4.74 Å². The normalized spacial score (nSPS) is 13.1. The molecule has 0 bridgehead atoms. The molecule has 2 aromatic carbocycles. The maximum absolute atomic E-state index is 12.2. The summed E-state index contributed by atoms with van der Waals surface area (Å²) < 4.78 is 6.92. The number of benzene rings is 2. The smallest absolute Gasteiger partial charge is 0.258 e. The fourth-order valence-corrected chi connectivity index (χ4v) is 7.74. The Morgan fingerprint density at radius 2 is 1.52 bits per heavy atom. The van der Waals surface area contributed by atoms with Crippen LogP contribution in [0.15, 0.2) is 83.5 Å². The highest BCUT2D eigenvalue weighted by Crippen LogP contribution is 2.40. The van der Waals surface area contributed by atoms with Crippen molar-refractivity contribution in [3.8, 4) is 5.88 Å². The molecule has 3 rings (SSSR count). The number of pyridine rings is 1. The minimum atomic E-state index is -2.97. The first kappa shape index (κ1) is 21.7. The van der Waals surface area contributed by atoms with E-state index in [1.165, 1.54) is 0 Å². The second-order valence-electron chi connectivity index (χ2n) is 8.11. The van der Waals surface area contributed by atoms with Crippen molar-refractivity contribution in [3.63, 3.8) is 0 Å². The second-order valence-corrected chi connectivity index (χ2v) is 13.0. The number of aromatic nitrogens is 1. The van der Waals surface area contributed by atoms with E-state index in [0.29, 0.717) is 5.88 Å². The first-order chi connectivity index (χ1) is 13.8. The highest BCUT2D eigenvalue weighted by molar-refractivity contribution is 9.10. The molecule has 0 fully saturated rings. The van der Waals surface area contributed by atoms with Gasteiger partial charge in [0.15, 0.2) is 0 Å². The van der Waals surface area contributed by atoms with Crippen molar-refractivity contribution in [2.75, 3.05) is 0 Å². The molecule has 3 aromatic rings. The third kappa shape index (κ3) is 4.97. The number of ether oxygens (including phenoxy) is 1.